The Morgan fingerprint density at radius 2 is 1.92 bits per heavy atom. The summed E-state index contributed by atoms with van der Waals surface area (Å²) >= 11 is 1.50. The van der Waals surface area contributed by atoms with Gasteiger partial charge in [0.2, 0.25) is 0 Å². The van der Waals surface area contributed by atoms with Crippen LogP contribution < -0.4 is 5.32 Å². The van der Waals surface area contributed by atoms with Crippen LogP contribution in [0.25, 0.3) is 0 Å². The van der Waals surface area contributed by atoms with Gasteiger partial charge in [-0.15, -0.1) is 11.3 Å². The van der Waals surface area contributed by atoms with Crippen LogP contribution in [-0.4, -0.2) is 18.0 Å². The number of rotatable bonds is 5. The highest BCUT2D eigenvalue weighted by Gasteiger charge is 2.22. The van der Waals surface area contributed by atoms with E-state index >= 15 is 0 Å². The second-order valence-corrected chi connectivity index (χ2v) is 7.49. The molecule has 5 heteroatoms. The monoisotopic (exact) mass is 357 g/mol. The van der Waals surface area contributed by atoms with Crippen molar-refractivity contribution >= 4 is 28.9 Å². The maximum atomic E-state index is 12.3. The third-order valence-electron chi connectivity index (χ3n) is 4.48. The van der Waals surface area contributed by atoms with Gasteiger partial charge in [-0.3, -0.25) is 4.79 Å². The molecule has 1 aromatic heterocycles. The van der Waals surface area contributed by atoms with Crippen molar-refractivity contribution in [2.45, 2.75) is 52.1 Å². The molecule has 1 heterocycles. The summed E-state index contributed by atoms with van der Waals surface area (Å²) in [5.41, 5.74) is 3.17. The molecule has 0 saturated heterocycles. The van der Waals surface area contributed by atoms with Gasteiger partial charge in [0.05, 0.1) is 0 Å². The lowest BCUT2D eigenvalue weighted by Gasteiger charge is -2.13. The third kappa shape index (κ3) is 4.28. The smallest absolute Gasteiger partial charge is 0.349 e. The zero-order valence-electron chi connectivity index (χ0n) is 14.6. The maximum absolute atomic E-state index is 12.3. The predicted octanol–water partition coefficient (Wildman–Crippen LogP) is 4.37. The Kier molecular flexibility index (Phi) is 5.53. The molecular formula is C20H23NO3S. The lowest BCUT2D eigenvalue weighted by atomic mass is 9.99. The summed E-state index contributed by atoms with van der Waals surface area (Å²) in [7, 11) is 0. The minimum absolute atomic E-state index is 0.320. The van der Waals surface area contributed by atoms with Gasteiger partial charge in [0.15, 0.2) is 6.10 Å². The zero-order chi connectivity index (χ0) is 17.8. The standard InChI is InChI=1S/C20H23NO3S/c1-3-14-8-10-16(11-9-14)21-19(22)13(2)24-20(23)18-12-15-6-4-5-7-17(15)25-18/h8-13H,3-7H2,1-2H3,(H,21,22)/t13-/m1/s1. The molecular weight excluding hydrogens is 334 g/mol. The summed E-state index contributed by atoms with van der Waals surface area (Å²) in [4.78, 5) is 26.4. The summed E-state index contributed by atoms with van der Waals surface area (Å²) in [5, 5.41) is 2.79. The van der Waals surface area contributed by atoms with Crippen molar-refractivity contribution in [1.82, 2.24) is 0 Å². The molecule has 1 N–H and O–H groups in total. The minimum atomic E-state index is -0.836. The van der Waals surface area contributed by atoms with Gasteiger partial charge in [0.1, 0.15) is 4.88 Å². The Morgan fingerprint density at radius 1 is 1.20 bits per heavy atom. The fraction of sp³-hybridized carbons (Fsp3) is 0.400. The number of nitrogens with one attached hydrogen (secondary N) is 1. The van der Waals surface area contributed by atoms with Crippen LogP contribution in [0.15, 0.2) is 30.3 Å². The molecule has 1 atom stereocenters. The fourth-order valence-corrected chi connectivity index (χ4v) is 4.07. The topological polar surface area (TPSA) is 55.4 Å². The van der Waals surface area contributed by atoms with Gasteiger partial charge in [0.25, 0.3) is 5.91 Å². The lowest BCUT2D eigenvalue weighted by Crippen LogP contribution is -2.29. The number of aryl methyl sites for hydroxylation is 3. The van der Waals surface area contributed by atoms with E-state index in [1.54, 1.807) is 6.92 Å². The van der Waals surface area contributed by atoms with Crippen LogP contribution in [-0.2, 0) is 28.8 Å². The van der Waals surface area contributed by atoms with Gasteiger partial charge >= 0.3 is 5.97 Å². The molecule has 3 rings (SSSR count). The number of esters is 1. The van der Waals surface area contributed by atoms with E-state index in [0.29, 0.717) is 10.6 Å². The summed E-state index contributed by atoms with van der Waals surface area (Å²) in [6, 6.07) is 9.59. The van der Waals surface area contributed by atoms with Crippen molar-refractivity contribution in [3.63, 3.8) is 0 Å². The van der Waals surface area contributed by atoms with Crippen molar-refractivity contribution in [1.29, 1.82) is 0 Å². The molecule has 25 heavy (non-hydrogen) atoms. The number of carbonyl (C=O) groups excluding carboxylic acids is 2. The highest BCUT2D eigenvalue weighted by atomic mass is 32.1. The van der Waals surface area contributed by atoms with Crippen LogP contribution in [0.5, 0.6) is 0 Å². The number of anilines is 1. The summed E-state index contributed by atoms with van der Waals surface area (Å²) in [6.45, 7) is 3.68. The first-order valence-corrected chi connectivity index (χ1v) is 9.61. The second-order valence-electron chi connectivity index (χ2n) is 6.35. The fourth-order valence-electron chi connectivity index (χ4n) is 2.93. The maximum Gasteiger partial charge on any atom is 0.349 e. The number of fused-ring (bicyclic) bond motifs is 1. The molecule has 0 bridgehead atoms. The van der Waals surface area contributed by atoms with Gasteiger partial charge in [-0.1, -0.05) is 19.1 Å². The van der Waals surface area contributed by atoms with Crippen LogP contribution in [0.1, 0.15) is 52.4 Å². The van der Waals surface area contributed by atoms with E-state index in [1.165, 1.54) is 40.2 Å². The Labute approximate surface area is 152 Å². The van der Waals surface area contributed by atoms with E-state index in [1.807, 2.05) is 30.3 Å². The summed E-state index contributed by atoms with van der Waals surface area (Å²) in [6.07, 6.45) is 4.54. The van der Waals surface area contributed by atoms with Gasteiger partial charge in [-0.25, -0.2) is 4.79 Å². The largest absolute Gasteiger partial charge is 0.448 e. The number of hydrogen-bond acceptors (Lipinski definition) is 4. The first kappa shape index (κ1) is 17.7. The molecule has 0 unspecified atom stereocenters. The Hall–Kier alpha value is -2.14. The van der Waals surface area contributed by atoms with E-state index in [2.05, 4.69) is 12.2 Å². The van der Waals surface area contributed by atoms with E-state index in [-0.39, 0.29) is 5.91 Å². The Balaban J connectivity index is 1.58. The summed E-state index contributed by atoms with van der Waals surface area (Å²) in [5.74, 6) is -0.734. The normalized spacial score (nSPS) is 14.5. The van der Waals surface area contributed by atoms with E-state index in [4.69, 9.17) is 4.74 Å². The van der Waals surface area contributed by atoms with Gasteiger partial charge in [-0.2, -0.15) is 0 Å². The molecule has 1 amide bonds. The molecule has 1 aliphatic rings. The quantitative estimate of drug-likeness (QED) is 0.808. The first-order chi connectivity index (χ1) is 12.1. The Morgan fingerprint density at radius 3 is 2.60 bits per heavy atom. The van der Waals surface area contributed by atoms with E-state index < -0.39 is 12.1 Å². The average molecular weight is 357 g/mol. The number of benzene rings is 1. The van der Waals surface area contributed by atoms with Crippen LogP contribution in [0.2, 0.25) is 0 Å². The van der Waals surface area contributed by atoms with E-state index in [9.17, 15) is 9.59 Å². The zero-order valence-corrected chi connectivity index (χ0v) is 15.4. The highest BCUT2D eigenvalue weighted by Crippen LogP contribution is 2.30. The molecule has 132 valence electrons. The van der Waals surface area contributed by atoms with Crippen LogP contribution in [0.3, 0.4) is 0 Å². The van der Waals surface area contributed by atoms with Crippen molar-refractivity contribution in [3.05, 3.63) is 51.2 Å². The lowest BCUT2D eigenvalue weighted by molar-refractivity contribution is -0.123. The van der Waals surface area contributed by atoms with Gasteiger partial charge in [-0.05, 0) is 68.4 Å². The predicted molar refractivity (Wildman–Crippen MR) is 100 cm³/mol. The third-order valence-corrected chi connectivity index (χ3v) is 5.70. The SMILES string of the molecule is CCc1ccc(NC(=O)[C@@H](C)OC(=O)c2cc3c(s2)CCCC3)cc1. The number of hydrogen-bond donors (Lipinski definition) is 1. The molecule has 0 fully saturated rings. The minimum Gasteiger partial charge on any atom is -0.448 e. The number of thiophene rings is 1. The molecule has 4 nitrogen and oxygen atoms in total. The number of carbonyl (C=O) groups is 2. The van der Waals surface area contributed by atoms with Crippen molar-refractivity contribution in [2.75, 3.05) is 5.32 Å². The molecule has 1 aliphatic carbocycles. The van der Waals surface area contributed by atoms with Crippen molar-refractivity contribution in [3.8, 4) is 0 Å². The summed E-state index contributed by atoms with van der Waals surface area (Å²) < 4.78 is 5.35. The molecule has 0 aliphatic heterocycles. The van der Waals surface area contributed by atoms with Crippen molar-refractivity contribution < 1.29 is 14.3 Å². The van der Waals surface area contributed by atoms with Gasteiger partial charge in [0, 0.05) is 10.6 Å². The van der Waals surface area contributed by atoms with Gasteiger partial charge < -0.3 is 10.1 Å². The van der Waals surface area contributed by atoms with Crippen LogP contribution >= 0.6 is 11.3 Å². The number of amides is 1. The Bertz CT molecular complexity index is 740. The molecule has 0 radical (unpaired) electrons. The molecule has 1 aromatic carbocycles. The molecule has 2 aromatic rings. The molecule has 0 spiro atoms. The average Bonchev–Trinajstić information content (AvgIpc) is 3.06. The number of ether oxygens (including phenoxy) is 1. The highest BCUT2D eigenvalue weighted by molar-refractivity contribution is 7.14. The van der Waals surface area contributed by atoms with E-state index in [0.717, 1.165) is 19.3 Å². The van der Waals surface area contributed by atoms with Crippen LogP contribution in [0.4, 0.5) is 5.69 Å². The second kappa shape index (κ2) is 7.83. The van der Waals surface area contributed by atoms with Crippen molar-refractivity contribution in [2.24, 2.45) is 0 Å². The van der Waals surface area contributed by atoms with Crippen LogP contribution in [0, 0.1) is 0 Å². The molecule has 0 saturated carbocycles. The first-order valence-electron chi connectivity index (χ1n) is 8.79.